The summed E-state index contributed by atoms with van der Waals surface area (Å²) in [5, 5.41) is 20.6. The maximum Gasteiger partial charge on any atom is 0.340 e. The topological polar surface area (TPSA) is 139 Å². The third-order valence-electron chi connectivity index (χ3n) is 5.06. The van der Waals surface area contributed by atoms with E-state index in [9.17, 15) is 28.4 Å². The molecule has 1 aliphatic rings. The number of sulfone groups is 1. The number of halogens is 1. The number of ether oxygens (including phenoxy) is 1. The molecule has 1 aliphatic heterocycles. The maximum absolute atomic E-state index is 12.8. The molecule has 0 aliphatic carbocycles. The molecule has 31 heavy (non-hydrogen) atoms. The fraction of sp³-hybridized carbons (Fsp3) is 0.300. The summed E-state index contributed by atoms with van der Waals surface area (Å²) in [6.07, 6.45) is 1.34. The van der Waals surface area contributed by atoms with Crippen LogP contribution in [0.1, 0.15) is 39.5 Å². The van der Waals surface area contributed by atoms with Crippen molar-refractivity contribution in [2.75, 3.05) is 18.6 Å². The van der Waals surface area contributed by atoms with Crippen molar-refractivity contribution in [2.24, 2.45) is 4.99 Å². The highest BCUT2D eigenvalue weighted by Crippen LogP contribution is 2.30. The molecule has 0 bridgehead atoms. The number of aromatic hydroxyl groups is 1. The second kappa shape index (κ2) is 8.53. The van der Waals surface area contributed by atoms with Crippen molar-refractivity contribution in [3.8, 4) is 11.9 Å². The van der Waals surface area contributed by atoms with Crippen LogP contribution in [0.3, 0.4) is 0 Å². The Bertz CT molecular complexity index is 1310. The van der Waals surface area contributed by atoms with Crippen LogP contribution in [0.2, 0.25) is 5.02 Å². The summed E-state index contributed by atoms with van der Waals surface area (Å²) < 4.78 is 29.4. The van der Waals surface area contributed by atoms with E-state index in [0.29, 0.717) is 5.02 Å². The van der Waals surface area contributed by atoms with Crippen LogP contribution < -0.4 is 5.56 Å². The lowest BCUT2D eigenvalue weighted by atomic mass is 10.0. The summed E-state index contributed by atoms with van der Waals surface area (Å²) in [5.41, 5.74) is -0.504. The van der Waals surface area contributed by atoms with Gasteiger partial charge in [0.1, 0.15) is 11.6 Å². The van der Waals surface area contributed by atoms with Gasteiger partial charge in [0.05, 0.1) is 41.5 Å². The lowest BCUT2D eigenvalue weighted by molar-refractivity contribution is 0.0601. The Hall–Kier alpha value is -3.16. The van der Waals surface area contributed by atoms with E-state index < -0.39 is 33.3 Å². The van der Waals surface area contributed by atoms with E-state index in [-0.39, 0.29) is 45.9 Å². The third kappa shape index (κ3) is 4.33. The molecule has 2 heterocycles. The van der Waals surface area contributed by atoms with Gasteiger partial charge in [-0.2, -0.15) is 5.26 Å². The van der Waals surface area contributed by atoms with Crippen LogP contribution in [0.4, 0.5) is 5.69 Å². The normalized spacial score (nSPS) is 17.5. The van der Waals surface area contributed by atoms with E-state index in [1.165, 1.54) is 38.4 Å². The van der Waals surface area contributed by atoms with E-state index in [2.05, 4.69) is 4.99 Å². The van der Waals surface area contributed by atoms with Gasteiger partial charge < -0.3 is 9.84 Å². The van der Waals surface area contributed by atoms with Crippen molar-refractivity contribution in [2.45, 2.75) is 19.4 Å². The smallest absolute Gasteiger partial charge is 0.340 e. The van der Waals surface area contributed by atoms with Crippen LogP contribution >= 0.6 is 11.6 Å². The minimum Gasteiger partial charge on any atom is -0.494 e. The molecule has 1 saturated heterocycles. The lowest BCUT2D eigenvalue weighted by Gasteiger charge is -2.18. The van der Waals surface area contributed by atoms with Gasteiger partial charge in [0.2, 0.25) is 5.88 Å². The monoisotopic (exact) mass is 463 g/mol. The van der Waals surface area contributed by atoms with Crippen LogP contribution in [-0.4, -0.2) is 48.9 Å². The fourth-order valence-electron chi connectivity index (χ4n) is 3.44. The number of hydrogen-bond donors (Lipinski definition) is 1. The van der Waals surface area contributed by atoms with Gasteiger partial charge in [0.25, 0.3) is 5.56 Å². The molecule has 1 aromatic heterocycles. The van der Waals surface area contributed by atoms with E-state index in [1.54, 1.807) is 0 Å². The van der Waals surface area contributed by atoms with Crippen LogP contribution in [0.15, 0.2) is 28.0 Å². The predicted molar refractivity (Wildman–Crippen MR) is 114 cm³/mol. The number of esters is 1. The Morgan fingerprint density at radius 2 is 2.16 bits per heavy atom. The number of hydrogen-bond acceptors (Lipinski definition) is 8. The zero-order valence-electron chi connectivity index (χ0n) is 16.6. The molecule has 0 amide bonds. The second-order valence-corrected chi connectivity index (χ2v) is 9.66. The molecule has 9 nitrogen and oxygen atoms in total. The Labute approximate surface area is 183 Å². The molecule has 11 heteroatoms. The first-order valence-electron chi connectivity index (χ1n) is 9.10. The summed E-state index contributed by atoms with van der Waals surface area (Å²) in [4.78, 5) is 29.0. The molecule has 3 rings (SSSR count). The first-order chi connectivity index (χ1) is 14.6. The SMILES string of the molecule is COC(=O)c1ccc(Cl)cc1N=Cc1c(C)c(C#N)c(=O)n([C@H]2CCS(=O)(=O)C2)c1O. The summed E-state index contributed by atoms with van der Waals surface area (Å²) in [5.74, 6) is -1.59. The zero-order valence-corrected chi connectivity index (χ0v) is 18.2. The number of methoxy groups -OCH3 is 1. The Morgan fingerprint density at radius 3 is 2.74 bits per heavy atom. The summed E-state index contributed by atoms with van der Waals surface area (Å²) in [7, 11) is -2.14. The molecule has 0 saturated carbocycles. The molecule has 2 aromatic rings. The van der Waals surface area contributed by atoms with Crippen molar-refractivity contribution < 1.29 is 23.1 Å². The van der Waals surface area contributed by atoms with Gasteiger partial charge in [-0.05, 0) is 37.1 Å². The maximum atomic E-state index is 12.8. The van der Waals surface area contributed by atoms with Gasteiger partial charge in [0.15, 0.2) is 9.84 Å². The molecular weight excluding hydrogens is 446 g/mol. The average molecular weight is 464 g/mol. The summed E-state index contributed by atoms with van der Waals surface area (Å²) in [6, 6.07) is 5.35. The largest absolute Gasteiger partial charge is 0.494 e. The van der Waals surface area contributed by atoms with Gasteiger partial charge in [-0.15, -0.1) is 0 Å². The highest BCUT2D eigenvalue weighted by Gasteiger charge is 2.33. The number of aliphatic imine (C=N–C) groups is 1. The number of nitrogens with zero attached hydrogens (tertiary/aromatic N) is 3. The highest BCUT2D eigenvalue weighted by atomic mass is 35.5. The third-order valence-corrected chi connectivity index (χ3v) is 7.05. The number of carbonyl (C=O) groups is 1. The van der Waals surface area contributed by atoms with Crippen LogP contribution in [0.25, 0.3) is 0 Å². The predicted octanol–water partition coefficient (Wildman–Crippen LogP) is 2.28. The van der Waals surface area contributed by atoms with Crippen molar-refractivity contribution in [3.63, 3.8) is 0 Å². The minimum absolute atomic E-state index is 0.0521. The summed E-state index contributed by atoms with van der Waals surface area (Å²) >= 11 is 5.99. The van der Waals surface area contributed by atoms with Crippen LogP contribution in [0.5, 0.6) is 5.88 Å². The van der Waals surface area contributed by atoms with Crippen LogP contribution in [-0.2, 0) is 14.6 Å². The van der Waals surface area contributed by atoms with E-state index >= 15 is 0 Å². The Kier molecular flexibility index (Phi) is 6.20. The standard InChI is InChI=1S/C20H18ClN3O6S/c1-11-15(8-22)18(25)24(13-5-6-31(28,29)10-13)19(26)16(11)9-23-17-7-12(21)3-4-14(17)20(27)30-2/h3-4,7,9,13,26H,5-6,10H2,1-2H3/t13-/m0/s1. The van der Waals surface area contributed by atoms with E-state index in [0.717, 1.165) is 4.57 Å². The van der Waals surface area contributed by atoms with Gasteiger partial charge in [-0.25, -0.2) is 13.2 Å². The highest BCUT2D eigenvalue weighted by molar-refractivity contribution is 7.91. The first kappa shape index (κ1) is 22.5. The molecule has 0 spiro atoms. The Morgan fingerprint density at radius 1 is 1.45 bits per heavy atom. The summed E-state index contributed by atoms with van der Waals surface area (Å²) in [6.45, 7) is 1.47. The second-order valence-electron chi connectivity index (χ2n) is 6.99. The van der Waals surface area contributed by atoms with Gasteiger partial charge in [0, 0.05) is 11.2 Å². The molecule has 0 radical (unpaired) electrons. The molecule has 1 fully saturated rings. The molecule has 162 valence electrons. The van der Waals surface area contributed by atoms with Crippen molar-refractivity contribution in [1.82, 2.24) is 4.57 Å². The quantitative estimate of drug-likeness (QED) is 0.542. The fourth-order valence-corrected chi connectivity index (χ4v) is 5.31. The van der Waals surface area contributed by atoms with E-state index in [4.69, 9.17) is 16.3 Å². The number of rotatable bonds is 4. The lowest BCUT2D eigenvalue weighted by Crippen LogP contribution is -2.29. The molecular formula is C20H18ClN3O6S. The van der Waals surface area contributed by atoms with E-state index in [1.807, 2.05) is 6.07 Å². The number of carbonyl (C=O) groups excluding carboxylic acids is 1. The average Bonchev–Trinajstić information content (AvgIpc) is 3.07. The molecule has 0 unspecified atom stereocenters. The first-order valence-corrected chi connectivity index (χ1v) is 11.3. The van der Waals surface area contributed by atoms with Gasteiger partial charge in [-0.3, -0.25) is 14.4 Å². The molecule has 1 atom stereocenters. The van der Waals surface area contributed by atoms with Crippen molar-refractivity contribution in [1.29, 1.82) is 5.26 Å². The zero-order chi connectivity index (χ0) is 22.9. The Balaban J connectivity index is 2.18. The number of nitriles is 1. The minimum atomic E-state index is -3.35. The van der Waals surface area contributed by atoms with Crippen LogP contribution in [0, 0.1) is 18.3 Å². The number of pyridine rings is 1. The van der Waals surface area contributed by atoms with Crippen molar-refractivity contribution >= 4 is 39.3 Å². The van der Waals surface area contributed by atoms with Gasteiger partial charge in [-0.1, -0.05) is 11.6 Å². The number of aromatic nitrogens is 1. The van der Waals surface area contributed by atoms with Gasteiger partial charge >= 0.3 is 5.97 Å². The van der Waals surface area contributed by atoms with Crippen molar-refractivity contribution in [3.05, 3.63) is 55.8 Å². The molecule has 1 N–H and O–H groups in total. The molecule has 1 aromatic carbocycles. The number of benzene rings is 1.